The van der Waals surface area contributed by atoms with Crippen molar-refractivity contribution in [1.82, 2.24) is 4.57 Å². The van der Waals surface area contributed by atoms with Gasteiger partial charge >= 0.3 is 0 Å². The van der Waals surface area contributed by atoms with Crippen LogP contribution in [0.2, 0.25) is 0 Å². The largest absolute Gasteiger partial charge is 0.496 e. The van der Waals surface area contributed by atoms with Crippen molar-refractivity contribution in [1.29, 1.82) is 0 Å². The molecule has 5 rings (SSSR count). The van der Waals surface area contributed by atoms with Gasteiger partial charge in [-0.15, -0.1) is 0 Å². The van der Waals surface area contributed by atoms with E-state index in [1.165, 1.54) is 18.3 Å². The number of carbonyl (C=O) groups excluding carboxylic acids is 1. The highest BCUT2D eigenvalue weighted by Crippen LogP contribution is 2.40. The molecular formula is C29H27N3O3S. The van der Waals surface area contributed by atoms with Gasteiger partial charge in [0.05, 0.1) is 17.7 Å². The Hall–Kier alpha value is -3.97. The lowest BCUT2D eigenvalue weighted by Crippen LogP contribution is -2.39. The number of hydrogen-bond acceptors (Lipinski definition) is 6. The molecule has 0 aliphatic carbocycles. The Morgan fingerprint density at radius 1 is 1.08 bits per heavy atom. The minimum absolute atomic E-state index is 0.121. The standard InChI is InChI=1S/C29H27N3O3S/c1-17-25(18(2)33)27(26-22-9-7-6-8-20(22)12-15-23(26)35-5)32-28(34)24(36-29(32)30-17)16-19-10-13-21(14-11-19)31(3)4/h6-16,27H,1-5H3/b24-16-/t27-/m0/s1. The number of methoxy groups -OCH3 is 1. The number of ketones is 1. The van der Waals surface area contributed by atoms with Gasteiger partial charge in [0.1, 0.15) is 5.75 Å². The Labute approximate surface area is 213 Å². The summed E-state index contributed by atoms with van der Waals surface area (Å²) < 4.78 is 7.98. The van der Waals surface area contributed by atoms with Crippen molar-refractivity contribution in [3.05, 3.63) is 103 Å². The average molecular weight is 498 g/mol. The SMILES string of the molecule is COc1ccc2ccccc2c1[C@@H]1C(C(C)=O)=C(C)N=c2s/c(=C\c3ccc(N(C)C)cc3)c(=O)n21. The third kappa shape index (κ3) is 3.95. The number of Topliss-reactive ketones (excluding diaryl/α,β-unsaturated/α-hetero) is 1. The summed E-state index contributed by atoms with van der Waals surface area (Å²) in [5.74, 6) is 0.505. The van der Waals surface area contributed by atoms with Crippen LogP contribution in [0.3, 0.4) is 0 Å². The number of allylic oxidation sites excluding steroid dienone is 2. The molecule has 0 bridgehead atoms. The van der Waals surface area contributed by atoms with Gasteiger partial charge in [-0.05, 0) is 54.5 Å². The minimum Gasteiger partial charge on any atom is -0.496 e. The molecule has 1 aliphatic heterocycles. The lowest BCUT2D eigenvalue weighted by molar-refractivity contribution is -0.114. The van der Waals surface area contributed by atoms with Crippen LogP contribution in [-0.4, -0.2) is 31.6 Å². The van der Waals surface area contributed by atoms with Crippen molar-refractivity contribution in [3.8, 4) is 5.75 Å². The molecule has 0 amide bonds. The van der Waals surface area contributed by atoms with E-state index in [0.29, 0.717) is 26.4 Å². The first-order chi connectivity index (χ1) is 17.3. The van der Waals surface area contributed by atoms with E-state index in [2.05, 4.69) is 0 Å². The molecule has 0 spiro atoms. The molecule has 2 heterocycles. The number of benzene rings is 3. The first kappa shape index (κ1) is 23.8. The molecule has 1 atom stereocenters. The number of hydrogen-bond donors (Lipinski definition) is 0. The smallest absolute Gasteiger partial charge is 0.271 e. The van der Waals surface area contributed by atoms with Gasteiger partial charge in [0, 0.05) is 36.6 Å². The number of fused-ring (bicyclic) bond motifs is 2. The normalized spacial score (nSPS) is 15.6. The highest BCUT2D eigenvalue weighted by atomic mass is 32.1. The molecule has 4 aromatic rings. The molecule has 0 N–H and O–H groups in total. The van der Waals surface area contributed by atoms with Crippen molar-refractivity contribution in [3.63, 3.8) is 0 Å². The van der Waals surface area contributed by atoms with Crippen LogP contribution < -0.4 is 24.5 Å². The molecule has 182 valence electrons. The summed E-state index contributed by atoms with van der Waals surface area (Å²) in [4.78, 5) is 34.1. The zero-order valence-electron chi connectivity index (χ0n) is 20.9. The fourth-order valence-corrected chi connectivity index (χ4v) is 5.85. The zero-order chi connectivity index (χ0) is 25.6. The Kier molecular flexibility index (Phi) is 6.10. The van der Waals surface area contributed by atoms with Crippen LogP contribution in [0.1, 0.15) is 31.0 Å². The van der Waals surface area contributed by atoms with Crippen LogP contribution in [0.5, 0.6) is 5.75 Å². The molecule has 1 aliphatic rings. The maximum atomic E-state index is 13.9. The second-order valence-electron chi connectivity index (χ2n) is 9.03. The molecule has 0 saturated heterocycles. The van der Waals surface area contributed by atoms with Gasteiger partial charge < -0.3 is 9.64 Å². The van der Waals surface area contributed by atoms with Crippen LogP contribution in [0.15, 0.2) is 81.7 Å². The molecule has 0 radical (unpaired) electrons. The van der Waals surface area contributed by atoms with E-state index in [0.717, 1.165) is 27.6 Å². The molecule has 0 fully saturated rings. The first-order valence-electron chi connectivity index (χ1n) is 11.7. The summed E-state index contributed by atoms with van der Waals surface area (Å²) in [6.45, 7) is 3.36. The second kappa shape index (κ2) is 9.24. The Bertz CT molecular complexity index is 1710. The number of nitrogens with zero attached hydrogens (tertiary/aromatic N) is 3. The van der Waals surface area contributed by atoms with Gasteiger partial charge in [0.15, 0.2) is 10.6 Å². The van der Waals surface area contributed by atoms with Crippen LogP contribution >= 0.6 is 11.3 Å². The van der Waals surface area contributed by atoms with Crippen molar-refractivity contribution >= 4 is 39.7 Å². The van der Waals surface area contributed by atoms with Crippen LogP contribution in [0.4, 0.5) is 5.69 Å². The lowest BCUT2D eigenvalue weighted by atomic mass is 9.89. The molecule has 3 aromatic carbocycles. The molecule has 36 heavy (non-hydrogen) atoms. The first-order valence-corrected chi connectivity index (χ1v) is 12.5. The van der Waals surface area contributed by atoms with E-state index < -0.39 is 6.04 Å². The van der Waals surface area contributed by atoms with E-state index in [1.807, 2.05) is 92.7 Å². The van der Waals surface area contributed by atoms with Gasteiger partial charge in [0.25, 0.3) is 5.56 Å². The minimum atomic E-state index is -0.641. The van der Waals surface area contributed by atoms with E-state index in [1.54, 1.807) is 11.7 Å². The van der Waals surface area contributed by atoms with E-state index in [9.17, 15) is 9.59 Å². The average Bonchev–Trinajstić information content (AvgIpc) is 3.16. The highest BCUT2D eigenvalue weighted by Gasteiger charge is 2.33. The quantitative estimate of drug-likeness (QED) is 0.417. The van der Waals surface area contributed by atoms with E-state index in [-0.39, 0.29) is 11.3 Å². The van der Waals surface area contributed by atoms with Crippen molar-refractivity contribution in [2.75, 3.05) is 26.1 Å². The molecule has 1 aromatic heterocycles. The maximum absolute atomic E-state index is 13.9. The number of rotatable bonds is 5. The van der Waals surface area contributed by atoms with Crippen molar-refractivity contribution < 1.29 is 9.53 Å². The van der Waals surface area contributed by atoms with Crippen LogP contribution in [0.25, 0.3) is 16.8 Å². The van der Waals surface area contributed by atoms with E-state index in [4.69, 9.17) is 9.73 Å². The monoisotopic (exact) mass is 497 g/mol. The number of carbonyl (C=O) groups is 1. The summed E-state index contributed by atoms with van der Waals surface area (Å²) in [5.41, 5.74) is 3.73. The molecule has 0 saturated carbocycles. The predicted molar refractivity (Wildman–Crippen MR) is 146 cm³/mol. The molecule has 0 unspecified atom stereocenters. The van der Waals surface area contributed by atoms with Gasteiger partial charge in [0.2, 0.25) is 0 Å². The summed E-state index contributed by atoms with van der Waals surface area (Å²) >= 11 is 1.33. The lowest BCUT2D eigenvalue weighted by Gasteiger charge is -2.27. The van der Waals surface area contributed by atoms with Crippen LogP contribution in [0, 0.1) is 0 Å². The number of thiazole rings is 1. The molecular weight excluding hydrogens is 470 g/mol. The summed E-state index contributed by atoms with van der Waals surface area (Å²) in [5, 5.41) is 1.94. The van der Waals surface area contributed by atoms with Gasteiger partial charge in [-0.3, -0.25) is 14.2 Å². The Morgan fingerprint density at radius 3 is 2.47 bits per heavy atom. The van der Waals surface area contributed by atoms with Gasteiger partial charge in [-0.1, -0.05) is 53.8 Å². The second-order valence-corrected chi connectivity index (χ2v) is 10.0. The zero-order valence-corrected chi connectivity index (χ0v) is 21.7. The number of aromatic nitrogens is 1. The third-order valence-electron chi connectivity index (χ3n) is 6.53. The maximum Gasteiger partial charge on any atom is 0.271 e. The fraction of sp³-hybridized carbons (Fsp3) is 0.207. The van der Waals surface area contributed by atoms with Gasteiger partial charge in [-0.2, -0.15) is 0 Å². The van der Waals surface area contributed by atoms with Crippen LogP contribution in [-0.2, 0) is 4.79 Å². The summed E-state index contributed by atoms with van der Waals surface area (Å²) in [6, 6.07) is 19.2. The number of ether oxygens (including phenoxy) is 1. The van der Waals surface area contributed by atoms with E-state index >= 15 is 0 Å². The fourth-order valence-electron chi connectivity index (χ4n) is 4.80. The highest BCUT2D eigenvalue weighted by molar-refractivity contribution is 7.07. The Balaban J connectivity index is 1.80. The predicted octanol–water partition coefficient (Wildman–Crippen LogP) is 4.05. The van der Waals surface area contributed by atoms with Gasteiger partial charge in [-0.25, -0.2) is 4.99 Å². The Morgan fingerprint density at radius 2 is 1.81 bits per heavy atom. The summed E-state index contributed by atoms with van der Waals surface area (Å²) in [6.07, 6.45) is 1.88. The van der Waals surface area contributed by atoms with Crippen molar-refractivity contribution in [2.24, 2.45) is 4.99 Å². The number of anilines is 1. The summed E-state index contributed by atoms with van der Waals surface area (Å²) in [7, 11) is 5.59. The van der Waals surface area contributed by atoms with Crippen molar-refractivity contribution in [2.45, 2.75) is 19.9 Å². The third-order valence-corrected chi connectivity index (χ3v) is 7.52. The topological polar surface area (TPSA) is 63.9 Å². The molecule has 6 nitrogen and oxygen atoms in total. The molecule has 7 heteroatoms.